The minimum atomic E-state index is -3.67. The molecule has 0 saturated carbocycles. The fourth-order valence-electron chi connectivity index (χ4n) is 3.03. The van der Waals surface area contributed by atoms with Crippen LogP contribution >= 0.6 is 0 Å². The van der Waals surface area contributed by atoms with E-state index >= 15 is 0 Å². The van der Waals surface area contributed by atoms with Gasteiger partial charge in [-0.05, 0) is 43.7 Å². The van der Waals surface area contributed by atoms with Gasteiger partial charge in [0.05, 0.1) is 23.7 Å². The fraction of sp³-hybridized carbons (Fsp3) is 0.333. The molecule has 0 radical (unpaired) electrons. The first-order valence-corrected chi connectivity index (χ1v) is 10.9. The summed E-state index contributed by atoms with van der Waals surface area (Å²) in [6.45, 7) is 4.44. The monoisotopic (exact) mass is 432 g/mol. The molecule has 2 aromatic rings. The van der Waals surface area contributed by atoms with Gasteiger partial charge in [-0.2, -0.15) is 4.31 Å². The van der Waals surface area contributed by atoms with Crippen LogP contribution in [-0.2, 0) is 24.3 Å². The van der Waals surface area contributed by atoms with E-state index in [2.05, 4.69) is 5.32 Å². The van der Waals surface area contributed by atoms with Crippen LogP contribution in [0.15, 0.2) is 47.4 Å². The maximum atomic E-state index is 12.7. The molecule has 0 spiro atoms. The molecular formula is C21H24N2O6S. The number of rotatable bonds is 6. The summed E-state index contributed by atoms with van der Waals surface area (Å²) in [5.74, 6) is -1.15. The molecule has 2 aromatic carbocycles. The van der Waals surface area contributed by atoms with Crippen LogP contribution in [-0.4, -0.2) is 57.5 Å². The summed E-state index contributed by atoms with van der Waals surface area (Å²) >= 11 is 0. The molecule has 0 unspecified atom stereocenters. The normalized spacial score (nSPS) is 14.9. The van der Waals surface area contributed by atoms with E-state index in [1.165, 1.54) is 16.4 Å². The molecule has 1 fully saturated rings. The quantitative estimate of drug-likeness (QED) is 0.702. The maximum absolute atomic E-state index is 12.7. The first-order chi connectivity index (χ1) is 14.3. The molecule has 1 heterocycles. The van der Waals surface area contributed by atoms with E-state index in [4.69, 9.17) is 9.47 Å². The van der Waals surface area contributed by atoms with Gasteiger partial charge in [-0.1, -0.05) is 23.8 Å². The number of nitrogens with one attached hydrogen (secondary N) is 1. The number of carbonyl (C=O) groups is 2. The zero-order valence-electron chi connectivity index (χ0n) is 16.9. The number of aryl methyl sites for hydroxylation is 2. The summed E-state index contributed by atoms with van der Waals surface area (Å²) in [6.07, 6.45) is 0. The highest BCUT2D eigenvalue weighted by molar-refractivity contribution is 7.89. The van der Waals surface area contributed by atoms with E-state index in [9.17, 15) is 18.0 Å². The second kappa shape index (κ2) is 9.38. The number of amides is 1. The highest BCUT2D eigenvalue weighted by Crippen LogP contribution is 2.20. The van der Waals surface area contributed by atoms with Crippen molar-refractivity contribution in [2.24, 2.45) is 0 Å². The molecule has 8 nitrogen and oxygen atoms in total. The Bertz CT molecular complexity index is 1050. The Balaban J connectivity index is 1.62. The second-order valence-electron chi connectivity index (χ2n) is 6.99. The predicted octanol–water partition coefficient (Wildman–Crippen LogP) is 2.12. The molecule has 9 heteroatoms. The van der Waals surface area contributed by atoms with Gasteiger partial charge in [0.15, 0.2) is 6.61 Å². The van der Waals surface area contributed by atoms with Crippen molar-refractivity contribution in [2.45, 2.75) is 18.7 Å². The van der Waals surface area contributed by atoms with Crippen molar-refractivity contribution in [3.8, 4) is 0 Å². The van der Waals surface area contributed by atoms with Crippen LogP contribution in [0.4, 0.5) is 5.69 Å². The Morgan fingerprint density at radius 1 is 1.10 bits per heavy atom. The molecule has 0 aromatic heterocycles. The minimum absolute atomic E-state index is 0.0783. The molecule has 0 bridgehead atoms. The first-order valence-electron chi connectivity index (χ1n) is 9.49. The lowest BCUT2D eigenvalue weighted by molar-refractivity contribution is -0.119. The predicted molar refractivity (Wildman–Crippen MR) is 111 cm³/mol. The molecule has 1 N–H and O–H groups in total. The highest BCUT2D eigenvalue weighted by Gasteiger charge is 2.26. The van der Waals surface area contributed by atoms with Gasteiger partial charge in [-0.3, -0.25) is 4.79 Å². The lowest BCUT2D eigenvalue weighted by atomic mass is 10.1. The van der Waals surface area contributed by atoms with Gasteiger partial charge in [0.2, 0.25) is 10.0 Å². The van der Waals surface area contributed by atoms with Gasteiger partial charge in [0.25, 0.3) is 5.91 Å². The molecule has 0 aliphatic carbocycles. The minimum Gasteiger partial charge on any atom is -0.452 e. The Morgan fingerprint density at radius 3 is 2.57 bits per heavy atom. The van der Waals surface area contributed by atoms with Crippen molar-refractivity contribution in [3.63, 3.8) is 0 Å². The van der Waals surface area contributed by atoms with Crippen molar-refractivity contribution < 1.29 is 27.5 Å². The summed E-state index contributed by atoms with van der Waals surface area (Å²) < 4.78 is 37.1. The number of anilines is 1. The summed E-state index contributed by atoms with van der Waals surface area (Å²) in [4.78, 5) is 24.5. The van der Waals surface area contributed by atoms with Gasteiger partial charge in [-0.25, -0.2) is 13.2 Å². The standard InChI is InChI=1S/C21H24N2O6S/c1-15-6-7-16(2)19(12-15)21(25)29-14-20(24)22-17-4-3-5-18(13-17)30(26,27)23-8-10-28-11-9-23/h3-7,12-13H,8-11,14H2,1-2H3,(H,22,24). The summed E-state index contributed by atoms with van der Waals surface area (Å²) in [5.41, 5.74) is 2.38. The molecule has 0 atom stereocenters. The number of esters is 1. The third-order valence-corrected chi connectivity index (χ3v) is 6.57. The van der Waals surface area contributed by atoms with E-state index in [1.807, 2.05) is 19.1 Å². The number of hydrogen-bond acceptors (Lipinski definition) is 6. The Morgan fingerprint density at radius 2 is 1.83 bits per heavy atom. The van der Waals surface area contributed by atoms with E-state index in [0.717, 1.165) is 11.1 Å². The van der Waals surface area contributed by atoms with Gasteiger partial charge in [-0.15, -0.1) is 0 Å². The largest absolute Gasteiger partial charge is 0.452 e. The third kappa shape index (κ3) is 5.24. The zero-order valence-corrected chi connectivity index (χ0v) is 17.7. The molecule has 3 rings (SSSR count). The molecule has 30 heavy (non-hydrogen) atoms. The van der Waals surface area contributed by atoms with E-state index in [1.54, 1.807) is 25.1 Å². The van der Waals surface area contributed by atoms with Crippen molar-refractivity contribution in [1.29, 1.82) is 0 Å². The van der Waals surface area contributed by atoms with Crippen LogP contribution in [0, 0.1) is 13.8 Å². The molecular weight excluding hydrogens is 408 g/mol. The van der Waals surface area contributed by atoms with Gasteiger partial charge >= 0.3 is 5.97 Å². The number of nitrogens with zero attached hydrogens (tertiary/aromatic N) is 1. The fourth-order valence-corrected chi connectivity index (χ4v) is 4.49. The topological polar surface area (TPSA) is 102 Å². The molecule has 1 aliphatic heterocycles. The Labute approximate surface area is 175 Å². The first kappa shape index (κ1) is 21.9. The van der Waals surface area contributed by atoms with Crippen LogP contribution in [0.1, 0.15) is 21.5 Å². The SMILES string of the molecule is Cc1ccc(C)c(C(=O)OCC(=O)Nc2cccc(S(=O)(=O)N3CCOCC3)c2)c1. The Hall–Kier alpha value is -2.75. The van der Waals surface area contributed by atoms with Crippen LogP contribution in [0.2, 0.25) is 0 Å². The van der Waals surface area contributed by atoms with E-state index in [0.29, 0.717) is 24.5 Å². The lowest BCUT2D eigenvalue weighted by Gasteiger charge is -2.26. The molecule has 160 valence electrons. The highest BCUT2D eigenvalue weighted by atomic mass is 32.2. The number of benzene rings is 2. The van der Waals surface area contributed by atoms with Crippen LogP contribution in [0.5, 0.6) is 0 Å². The third-order valence-electron chi connectivity index (χ3n) is 4.67. The van der Waals surface area contributed by atoms with Gasteiger partial charge in [0, 0.05) is 18.8 Å². The van der Waals surface area contributed by atoms with Crippen LogP contribution < -0.4 is 5.32 Å². The van der Waals surface area contributed by atoms with Crippen molar-refractivity contribution in [2.75, 3.05) is 38.2 Å². The average molecular weight is 432 g/mol. The second-order valence-corrected chi connectivity index (χ2v) is 8.92. The van der Waals surface area contributed by atoms with Gasteiger partial charge < -0.3 is 14.8 Å². The van der Waals surface area contributed by atoms with Gasteiger partial charge in [0.1, 0.15) is 0 Å². The number of morpholine rings is 1. The van der Waals surface area contributed by atoms with Crippen molar-refractivity contribution >= 4 is 27.6 Å². The summed E-state index contributed by atoms with van der Waals surface area (Å²) in [7, 11) is -3.67. The van der Waals surface area contributed by atoms with Crippen LogP contribution in [0.25, 0.3) is 0 Å². The Kier molecular flexibility index (Phi) is 6.86. The molecule has 1 aliphatic rings. The van der Waals surface area contributed by atoms with Crippen LogP contribution in [0.3, 0.4) is 0 Å². The number of carbonyl (C=O) groups excluding carboxylic acids is 2. The lowest BCUT2D eigenvalue weighted by Crippen LogP contribution is -2.40. The summed E-state index contributed by atoms with van der Waals surface area (Å²) in [5, 5.41) is 2.57. The number of hydrogen-bond donors (Lipinski definition) is 1. The zero-order chi connectivity index (χ0) is 21.7. The van der Waals surface area contributed by atoms with Crippen molar-refractivity contribution in [1.82, 2.24) is 4.31 Å². The maximum Gasteiger partial charge on any atom is 0.338 e. The van der Waals surface area contributed by atoms with Crippen molar-refractivity contribution in [3.05, 3.63) is 59.2 Å². The molecule has 1 amide bonds. The van der Waals surface area contributed by atoms with E-state index in [-0.39, 0.29) is 18.0 Å². The number of sulfonamides is 1. The van der Waals surface area contributed by atoms with E-state index < -0.39 is 28.5 Å². The number of ether oxygens (including phenoxy) is 2. The average Bonchev–Trinajstić information content (AvgIpc) is 2.74. The smallest absolute Gasteiger partial charge is 0.338 e. The molecule has 1 saturated heterocycles. The summed E-state index contributed by atoms with van der Waals surface area (Å²) in [6, 6.07) is 11.4.